The first-order valence-electron chi connectivity index (χ1n) is 12.0. The molecule has 0 bridgehead atoms. The third-order valence-electron chi connectivity index (χ3n) is 6.59. The van der Waals surface area contributed by atoms with Gasteiger partial charge in [0.2, 0.25) is 0 Å². The SMILES string of the molecule is CCN(CC)CCc1c2n(c3ccc(Cl)cc13)Cc1ccccc1-2.O=C(O)CC(O)(CC(=O)O)C(=O)O. The predicted molar refractivity (Wildman–Crippen MR) is 140 cm³/mol. The number of aromatic nitrogens is 1. The van der Waals surface area contributed by atoms with E-state index >= 15 is 0 Å². The summed E-state index contributed by atoms with van der Waals surface area (Å²) in [6, 6.07) is 15.1. The summed E-state index contributed by atoms with van der Waals surface area (Å²) in [6.07, 6.45) is -1.22. The lowest BCUT2D eigenvalue weighted by atomic mass is 9.96. The second-order valence-corrected chi connectivity index (χ2v) is 9.42. The summed E-state index contributed by atoms with van der Waals surface area (Å²) in [5.41, 5.74) is 4.23. The number of halogens is 1. The Morgan fingerprint density at radius 2 is 1.62 bits per heavy atom. The monoisotopic (exact) mass is 530 g/mol. The van der Waals surface area contributed by atoms with E-state index in [1.54, 1.807) is 0 Å². The van der Waals surface area contributed by atoms with Gasteiger partial charge in [-0.15, -0.1) is 0 Å². The van der Waals surface area contributed by atoms with E-state index in [2.05, 4.69) is 59.7 Å². The number of benzene rings is 2. The molecule has 1 aromatic heterocycles. The molecule has 0 amide bonds. The Kier molecular flexibility index (Phi) is 8.96. The molecule has 0 atom stereocenters. The molecule has 4 rings (SSSR count). The number of nitrogens with zero attached hydrogens (tertiary/aromatic N) is 2. The molecule has 1 aliphatic heterocycles. The topological polar surface area (TPSA) is 140 Å². The summed E-state index contributed by atoms with van der Waals surface area (Å²) < 4.78 is 2.47. The summed E-state index contributed by atoms with van der Waals surface area (Å²) >= 11 is 6.31. The third-order valence-corrected chi connectivity index (χ3v) is 6.82. The van der Waals surface area contributed by atoms with Crippen molar-refractivity contribution in [1.82, 2.24) is 9.47 Å². The Hall–Kier alpha value is -3.40. The van der Waals surface area contributed by atoms with Crippen molar-refractivity contribution >= 4 is 40.4 Å². The van der Waals surface area contributed by atoms with E-state index in [-0.39, 0.29) is 0 Å². The number of hydrogen-bond acceptors (Lipinski definition) is 5. The van der Waals surface area contributed by atoms with Crippen LogP contribution in [0.1, 0.15) is 37.8 Å². The van der Waals surface area contributed by atoms with E-state index in [9.17, 15) is 14.4 Å². The van der Waals surface area contributed by atoms with Gasteiger partial charge < -0.3 is 29.9 Å². The molecular formula is C27H31ClN2O7. The molecule has 3 aromatic rings. The molecule has 9 nitrogen and oxygen atoms in total. The van der Waals surface area contributed by atoms with Gasteiger partial charge in [0, 0.05) is 34.6 Å². The highest BCUT2D eigenvalue weighted by molar-refractivity contribution is 6.31. The van der Waals surface area contributed by atoms with Gasteiger partial charge in [-0.2, -0.15) is 0 Å². The highest BCUT2D eigenvalue weighted by Gasteiger charge is 2.40. The van der Waals surface area contributed by atoms with Crippen LogP contribution in [0.15, 0.2) is 42.5 Å². The Balaban J connectivity index is 0.000000251. The van der Waals surface area contributed by atoms with Crippen molar-refractivity contribution in [3.63, 3.8) is 0 Å². The summed E-state index contributed by atoms with van der Waals surface area (Å²) in [4.78, 5) is 33.0. The van der Waals surface area contributed by atoms with E-state index in [0.29, 0.717) is 0 Å². The first kappa shape index (κ1) is 28.2. The molecule has 4 N–H and O–H groups in total. The summed E-state index contributed by atoms with van der Waals surface area (Å²) in [5.74, 6) is -5.02. The molecule has 198 valence electrons. The molecular weight excluding hydrogens is 500 g/mol. The maximum atomic E-state index is 10.3. The number of aliphatic hydroxyl groups is 1. The van der Waals surface area contributed by atoms with Crippen LogP contribution in [0.3, 0.4) is 0 Å². The van der Waals surface area contributed by atoms with Gasteiger partial charge in [0.25, 0.3) is 0 Å². The van der Waals surface area contributed by atoms with Crippen molar-refractivity contribution in [2.75, 3.05) is 19.6 Å². The van der Waals surface area contributed by atoms with Crippen molar-refractivity contribution in [2.24, 2.45) is 0 Å². The molecule has 0 unspecified atom stereocenters. The molecule has 0 radical (unpaired) electrons. The second kappa shape index (κ2) is 11.8. The Morgan fingerprint density at radius 3 is 2.19 bits per heavy atom. The summed E-state index contributed by atoms with van der Waals surface area (Å²) in [7, 11) is 0. The van der Waals surface area contributed by atoms with E-state index in [0.717, 1.165) is 37.6 Å². The number of carboxylic acids is 3. The fourth-order valence-corrected chi connectivity index (χ4v) is 4.88. The number of likely N-dealkylation sites (N-methyl/N-ethyl adjacent to an activating group) is 1. The molecule has 2 heterocycles. The number of rotatable bonds is 10. The van der Waals surface area contributed by atoms with Crippen LogP contribution >= 0.6 is 11.6 Å². The molecule has 0 saturated heterocycles. The largest absolute Gasteiger partial charge is 0.481 e. The highest BCUT2D eigenvalue weighted by Crippen LogP contribution is 2.41. The Bertz CT molecular complexity index is 1300. The smallest absolute Gasteiger partial charge is 0.336 e. The van der Waals surface area contributed by atoms with Crippen molar-refractivity contribution in [1.29, 1.82) is 0 Å². The van der Waals surface area contributed by atoms with Crippen LogP contribution in [-0.4, -0.2) is 73.0 Å². The summed E-state index contributed by atoms with van der Waals surface area (Å²) in [5, 5.41) is 36.0. The van der Waals surface area contributed by atoms with Gasteiger partial charge >= 0.3 is 17.9 Å². The second-order valence-electron chi connectivity index (χ2n) is 8.99. The molecule has 0 aliphatic carbocycles. The first-order chi connectivity index (χ1) is 17.5. The van der Waals surface area contributed by atoms with Gasteiger partial charge in [-0.3, -0.25) is 9.59 Å². The van der Waals surface area contributed by atoms with Crippen molar-refractivity contribution in [2.45, 2.75) is 45.3 Å². The van der Waals surface area contributed by atoms with Crippen LogP contribution in [0.5, 0.6) is 0 Å². The fourth-order valence-electron chi connectivity index (χ4n) is 4.70. The zero-order chi connectivity index (χ0) is 27.3. The van der Waals surface area contributed by atoms with E-state index in [1.165, 1.54) is 33.3 Å². The molecule has 0 saturated carbocycles. The van der Waals surface area contributed by atoms with Crippen molar-refractivity contribution < 1.29 is 34.8 Å². The summed E-state index contributed by atoms with van der Waals surface area (Å²) in [6.45, 7) is 8.72. The Morgan fingerprint density at radius 1 is 1.00 bits per heavy atom. The molecule has 0 spiro atoms. The average molecular weight is 531 g/mol. The molecule has 0 fully saturated rings. The van der Waals surface area contributed by atoms with Gasteiger partial charge in [0.05, 0.1) is 18.5 Å². The van der Waals surface area contributed by atoms with Crippen LogP contribution in [0, 0.1) is 0 Å². The average Bonchev–Trinajstić information content (AvgIpc) is 3.33. The lowest BCUT2D eigenvalue weighted by Crippen LogP contribution is -2.42. The quantitative estimate of drug-likeness (QED) is 0.241. The normalized spacial score (nSPS) is 12.1. The maximum absolute atomic E-state index is 10.3. The van der Waals surface area contributed by atoms with Gasteiger partial charge in [-0.05, 0) is 48.8 Å². The number of carboxylic acid groups (broad SMARTS) is 3. The predicted octanol–water partition coefficient (Wildman–Crippen LogP) is 3.96. The lowest BCUT2D eigenvalue weighted by molar-refractivity contribution is -0.170. The van der Waals surface area contributed by atoms with Crippen LogP contribution < -0.4 is 0 Å². The number of aliphatic carboxylic acids is 3. The number of carbonyl (C=O) groups is 3. The van der Waals surface area contributed by atoms with Gasteiger partial charge in [0.1, 0.15) is 0 Å². The van der Waals surface area contributed by atoms with Gasteiger partial charge in [-0.1, -0.05) is 49.7 Å². The van der Waals surface area contributed by atoms with E-state index in [4.69, 9.17) is 32.0 Å². The molecule has 1 aliphatic rings. The Labute approximate surface area is 219 Å². The zero-order valence-corrected chi connectivity index (χ0v) is 21.5. The van der Waals surface area contributed by atoms with Crippen LogP contribution in [0.4, 0.5) is 0 Å². The van der Waals surface area contributed by atoms with Crippen LogP contribution in [-0.2, 0) is 27.3 Å². The van der Waals surface area contributed by atoms with E-state index < -0.39 is 36.4 Å². The fraction of sp³-hybridized carbons (Fsp3) is 0.370. The number of hydrogen-bond donors (Lipinski definition) is 4. The molecule has 10 heteroatoms. The first-order valence-corrected chi connectivity index (χ1v) is 12.4. The maximum Gasteiger partial charge on any atom is 0.336 e. The zero-order valence-electron chi connectivity index (χ0n) is 20.8. The third kappa shape index (κ3) is 6.30. The van der Waals surface area contributed by atoms with Crippen molar-refractivity contribution in [3.05, 3.63) is 58.6 Å². The minimum Gasteiger partial charge on any atom is -0.481 e. The van der Waals surface area contributed by atoms with Crippen LogP contribution in [0.2, 0.25) is 5.02 Å². The lowest BCUT2D eigenvalue weighted by Gasteiger charge is -2.18. The highest BCUT2D eigenvalue weighted by atomic mass is 35.5. The van der Waals surface area contributed by atoms with Gasteiger partial charge in [-0.25, -0.2) is 4.79 Å². The number of fused-ring (bicyclic) bond motifs is 5. The molecule has 2 aromatic carbocycles. The standard InChI is InChI=1S/C21H23ClN2.C6H8O7/c1-3-23(4-2)12-11-18-19-13-16(22)9-10-20(19)24-14-15-7-5-6-8-17(15)21(18)24;7-3(8)1-6(13,5(11)12)2-4(9)10/h5-10,13H,3-4,11-12,14H2,1-2H3;13H,1-2H2,(H,7,8)(H,9,10)(H,11,12). The minimum atomic E-state index is -2.74. The molecule has 37 heavy (non-hydrogen) atoms. The van der Waals surface area contributed by atoms with E-state index in [1.807, 2.05) is 6.07 Å². The van der Waals surface area contributed by atoms with Crippen LogP contribution in [0.25, 0.3) is 22.2 Å². The van der Waals surface area contributed by atoms with Crippen molar-refractivity contribution in [3.8, 4) is 11.3 Å². The van der Waals surface area contributed by atoms with Gasteiger partial charge in [0.15, 0.2) is 5.60 Å². The minimum absolute atomic E-state index is 0.823.